The number of methoxy groups -OCH3 is 2. The van der Waals surface area contributed by atoms with Crippen molar-refractivity contribution in [1.29, 1.82) is 0 Å². The number of aldehydes is 1. The molecule has 1 fully saturated rings. The molecule has 10 nitrogen and oxygen atoms in total. The van der Waals surface area contributed by atoms with E-state index in [1.807, 2.05) is 0 Å². The highest BCUT2D eigenvalue weighted by Gasteiger charge is 2.42. The normalized spacial score (nSPS) is 16.8. The fourth-order valence-electron chi connectivity index (χ4n) is 2.31. The van der Waals surface area contributed by atoms with Crippen molar-refractivity contribution in [1.82, 2.24) is 9.80 Å². The standard InChI is InChI=1S/C13H18N2O8/c1-22-12(20)10(13(21)23-2)15-5-4-14(7-9(15)17)8(3-6-16)11(18)19/h6,8,10H,3-5,7H2,1-2H3,(H,18,19)/t8-/m0/s1. The summed E-state index contributed by atoms with van der Waals surface area (Å²) < 4.78 is 9.00. The Morgan fingerprint density at radius 3 is 2.17 bits per heavy atom. The van der Waals surface area contributed by atoms with Gasteiger partial charge in [-0.05, 0) is 0 Å². The number of carboxylic acids is 1. The third-order valence-electron chi connectivity index (χ3n) is 3.49. The molecule has 1 heterocycles. The summed E-state index contributed by atoms with van der Waals surface area (Å²) in [5.74, 6) is -3.74. The first-order valence-corrected chi connectivity index (χ1v) is 6.73. The van der Waals surface area contributed by atoms with Crippen LogP contribution in [0.15, 0.2) is 0 Å². The Hall–Kier alpha value is -2.49. The zero-order chi connectivity index (χ0) is 17.6. The summed E-state index contributed by atoms with van der Waals surface area (Å²) in [5, 5.41) is 9.10. The van der Waals surface area contributed by atoms with E-state index in [1.165, 1.54) is 4.90 Å². The van der Waals surface area contributed by atoms with Gasteiger partial charge >= 0.3 is 17.9 Å². The summed E-state index contributed by atoms with van der Waals surface area (Å²) in [6, 6.07) is -2.66. The van der Waals surface area contributed by atoms with E-state index in [0.29, 0.717) is 6.29 Å². The predicted molar refractivity (Wildman–Crippen MR) is 73.2 cm³/mol. The van der Waals surface area contributed by atoms with E-state index in [4.69, 9.17) is 5.11 Å². The summed E-state index contributed by atoms with van der Waals surface area (Å²) >= 11 is 0. The van der Waals surface area contributed by atoms with Crippen LogP contribution in [0.4, 0.5) is 0 Å². The molecule has 0 aliphatic carbocycles. The number of hydrogen-bond acceptors (Lipinski definition) is 8. The van der Waals surface area contributed by atoms with Crippen LogP contribution in [0.25, 0.3) is 0 Å². The molecule has 128 valence electrons. The molecule has 0 aromatic carbocycles. The zero-order valence-electron chi connectivity index (χ0n) is 12.8. The number of nitrogens with zero attached hydrogens (tertiary/aromatic N) is 2. The van der Waals surface area contributed by atoms with Gasteiger partial charge in [-0.1, -0.05) is 0 Å². The molecule has 0 unspecified atom stereocenters. The minimum absolute atomic E-state index is 0.0731. The second-order valence-corrected chi connectivity index (χ2v) is 4.76. The molecule has 1 aliphatic rings. The maximum atomic E-state index is 12.2. The minimum Gasteiger partial charge on any atom is -0.480 e. The van der Waals surface area contributed by atoms with Crippen LogP contribution in [0.2, 0.25) is 0 Å². The molecule has 0 radical (unpaired) electrons. The SMILES string of the molecule is COC(=O)C(C(=O)OC)N1CCN([C@@H](CC=O)C(=O)O)CC1=O. The van der Waals surface area contributed by atoms with Crippen LogP contribution in [0.1, 0.15) is 6.42 Å². The number of amides is 1. The summed E-state index contributed by atoms with van der Waals surface area (Å²) in [4.78, 5) is 59.6. The van der Waals surface area contributed by atoms with Crippen molar-refractivity contribution in [2.75, 3.05) is 33.9 Å². The van der Waals surface area contributed by atoms with Gasteiger partial charge in [0.15, 0.2) is 0 Å². The highest BCUT2D eigenvalue weighted by molar-refractivity contribution is 6.02. The molecule has 0 bridgehead atoms. The van der Waals surface area contributed by atoms with E-state index in [2.05, 4.69) is 9.47 Å². The molecular formula is C13H18N2O8. The fourth-order valence-corrected chi connectivity index (χ4v) is 2.31. The van der Waals surface area contributed by atoms with Crippen molar-refractivity contribution in [3.8, 4) is 0 Å². The van der Waals surface area contributed by atoms with Gasteiger partial charge in [0.05, 0.1) is 20.8 Å². The van der Waals surface area contributed by atoms with Crippen LogP contribution in [-0.2, 0) is 33.4 Å². The average Bonchev–Trinajstić information content (AvgIpc) is 2.53. The Balaban J connectivity index is 2.90. The number of aliphatic carboxylic acids is 1. The highest BCUT2D eigenvalue weighted by atomic mass is 16.5. The first-order valence-electron chi connectivity index (χ1n) is 6.73. The fraction of sp³-hybridized carbons (Fsp3) is 0.615. The Morgan fingerprint density at radius 1 is 1.22 bits per heavy atom. The van der Waals surface area contributed by atoms with Crippen molar-refractivity contribution in [2.24, 2.45) is 0 Å². The molecule has 1 atom stereocenters. The molecule has 1 N–H and O–H groups in total. The summed E-state index contributed by atoms with van der Waals surface area (Å²) in [7, 11) is 2.15. The lowest BCUT2D eigenvalue weighted by molar-refractivity contribution is -0.168. The lowest BCUT2D eigenvalue weighted by Crippen LogP contribution is -2.61. The van der Waals surface area contributed by atoms with E-state index in [9.17, 15) is 24.0 Å². The summed E-state index contributed by atoms with van der Waals surface area (Å²) in [6.45, 7) is -0.327. The molecule has 0 aromatic heterocycles. The first kappa shape index (κ1) is 18.6. The van der Waals surface area contributed by atoms with E-state index >= 15 is 0 Å². The molecule has 1 saturated heterocycles. The second-order valence-electron chi connectivity index (χ2n) is 4.76. The largest absolute Gasteiger partial charge is 0.480 e. The van der Waals surface area contributed by atoms with Crippen molar-refractivity contribution >= 4 is 30.1 Å². The summed E-state index contributed by atoms with van der Waals surface area (Å²) in [6.07, 6.45) is 0.196. The van der Waals surface area contributed by atoms with Crippen molar-refractivity contribution in [3.05, 3.63) is 0 Å². The minimum atomic E-state index is -1.53. The van der Waals surface area contributed by atoms with Crippen molar-refractivity contribution in [3.63, 3.8) is 0 Å². The monoisotopic (exact) mass is 330 g/mol. The third kappa shape index (κ3) is 4.25. The van der Waals surface area contributed by atoms with Gasteiger partial charge in [0.1, 0.15) is 12.3 Å². The average molecular weight is 330 g/mol. The van der Waals surface area contributed by atoms with Crippen LogP contribution in [0.3, 0.4) is 0 Å². The van der Waals surface area contributed by atoms with Gasteiger partial charge in [0, 0.05) is 19.5 Å². The van der Waals surface area contributed by atoms with Gasteiger partial charge in [-0.15, -0.1) is 0 Å². The van der Waals surface area contributed by atoms with Gasteiger partial charge in [-0.3, -0.25) is 14.5 Å². The smallest absolute Gasteiger partial charge is 0.340 e. The molecule has 1 amide bonds. The summed E-state index contributed by atoms with van der Waals surface area (Å²) in [5.41, 5.74) is 0. The van der Waals surface area contributed by atoms with E-state index in [-0.39, 0.29) is 26.1 Å². The highest BCUT2D eigenvalue weighted by Crippen LogP contribution is 2.14. The predicted octanol–water partition coefficient (Wildman–Crippen LogP) is -2.11. The zero-order valence-corrected chi connectivity index (χ0v) is 12.8. The molecule has 1 aliphatic heterocycles. The van der Waals surface area contributed by atoms with Crippen molar-refractivity contribution < 1.29 is 38.6 Å². The van der Waals surface area contributed by atoms with Crippen LogP contribution < -0.4 is 0 Å². The van der Waals surface area contributed by atoms with Gasteiger partial charge in [0.2, 0.25) is 11.9 Å². The van der Waals surface area contributed by atoms with Gasteiger partial charge in [-0.25, -0.2) is 9.59 Å². The number of carbonyl (C=O) groups excluding carboxylic acids is 4. The number of rotatable bonds is 7. The first-order chi connectivity index (χ1) is 10.9. The maximum absolute atomic E-state index is 12.2. The second kappa shape index (κ2) is 8.22. The Labute approximate surface area is 131 Å². The Bertz CT molecular complexity index is 490. The molecule has 0 spiro atoms. The van der Waals surface area contributed by atoms with Crippen LogP contribution in [-0.4, -0.2) is 90.9 Å². The molecule has 0 saturated carbocycles. The number of hydrogen-bond donors (Lipinski definition) is 1. The van der Waals surface area contributed by atoms with E-state index in [1.54, 1.807) is 0 Å². The van der Waals surface area contributed by atoms with Gasteiger partial charge in [-0.2, -0.15) is 0 Å². The third-order valence-corrected chi connectivity index (χ3v) is 3.49. The lowest BCUT2D eigenvalue weighted by atomic mass is 10.1. The molecule has 0 aromatic rings. The number of carboxylic acid groups (broad SMARTS) is 1. The van der Waals surface area contributed by atoms with Crippen LogP contribution in [0.5, 0.6) is 0 Å². The van der Waals surface area contributed by atoms with Crippen molar-refractivity contribution in [2.45, 2.75) is 18.5 Å². The van der Waals surface area contributed by atoms with Crippen LogP contribution >= 0.6 is 0 Å². The lowest BCUT2D eigenvalue weighted by Gasteiger charge is -2.38. The van der Waals surface area contributed by atoms with Gasteiger partial charge in [0.25, 0.3) is 0 Å². The molecule has 23 heavy (non-hydrogen) atoms. The molecule has 10 heteroatoms. The number of carbonyl (C=O) groups is 5. The van der Waals surface area contributed by atoms with Gasteiger partial charge < -0.3 is 24.3 Å². The Morgan fingerprint density at radius 2 is 1.78 bits per heavy atom. The Kier molecular flexibility index (Phi) is 6.64. The van der Waals surface area contributed by atoms with E-state index in [0.717, 1.165) is 19.1 Å². The van der Waals surface area contributed by atoms with Crippen LogP contribution in [0, 0.1) is 0 Å². The van der Waals surface area contributed by atoms with E-state index < -0.39 is 35.9 Å². The number of esters is 2. The maximum Gasteiger partial charge on any atom is 0.340 e. The molecule has 1 rings (SSSR count). The quantitative estimate of drug-likeness (QED) is 0.316. The molecular weight excluding hydrogens is 312 g/mol. The topological polar surface area (TPSA) is 131 Å². The number of ether oxygens (including phenoxy) is 2. The number of piperazine rings is 1.